The third-order valence-electron chi connectivity index (χ3n) is 3.21. The van der Waals surface area contributed by atoms with Crippen LogP contribution in [0.2, 0.25) is 0 Å². The van der Waals surface area contributed by atoms with Crippen LogP contribution in [0.1, 0.15) is 17.0 Å². The van der Waals surface area contributed by atoms with Crippen LogP contribution >= 0.6 is 0 Å². The summed E-state index contributed by atoms with van der Waals surface area (Å²) in [7, 11) is -3.76. The van der Waals surface area contributed by atoms with Gasteiger partial charge in [0.25, 0.3) is 0 Å². The summed E-state index contributed by atoms with van der Waals surface area (Å²) >= 11 is 0. The molecule has 0 fully saturated rings. The number of nitrogens with two attached hydrogens (primary N) is 2. The van der Waals surface area contributed by atoms with E-state index < -0.39 is 10.0 Å². The number of sulfonamides is 1. The number of nitrogen functional groups attached to an aromatic ring is 1. The van der Waals surface area contributed by atoms with Gasteiger partial charge in [0, 0.05) is 5.69 Å². The molecule has 0 spiro atoms. The number of rotatable bonds is 2. The number of primary sulfonamides is 1. The lowest BCUT2D eigenvalue weighted by Gasteiger charge is -2.09. The Balaban J connectivity index is 2.71. The molecule has 19 heavy (non-hydrogen) atoms. The Kier molecular flexibility index (Phi) is 3.11. The Morgan fingerprint density at radius 1 is 1.21 bits per heavy atom. The van der Waals surface area contributed by atoms with Gasteiger partial charge in [-0.1, -0.05) is 0 Å². The van der Waals surface area contributed by atoms with E-state index in [9.17, 15) is 8.42 Å². The lowest BCUT2D eigenvalue weighted by molar-refractivity contribution is 0.597. The summed E-state index contributed by atoms with van der Waals surface area (Å²) < 4.78 is 24.4. The second kappa shape index (κ2) is 4.36. The lowest BCUT2D eigenvalue weighted by Crippen LogP contribution is -2.13. The van der Waals surface area contributed by atoms with Crippen LogP contribution in [0.5, 0.6) is 0 Å². The van der Waals surface area contributed by atoms with Gasteiger partial charge in [-0.05, 0) is 44.5 Å². The molecule has 1 heterocycles. The van der Waals surface area contributed by atoms with E-state index in [1.165, 1.54) is 18.2 Å². The van der Waals surface area contributed by atoms with Crippen molar-refractivity contribution >= 4 is 15.7 Å². The average Bonchev–Trinajstić information content (AvgIpc) is 2.56. The maximum absolute atomic E-state index is 11.4. The van der Waals surface area contributed by atoms with Gasteiger partial charge in [0.2, 0.25) is 10.0 Å². The fraction of sp³-hybridized carbons (Fsp3) is 0.250. The predicted octanol–water partition coefficient (Wildman–Crippen LogP) is 1.03. The summed E-state index contributed by atoms with van der Waals surface area (Å²) in [4.78, 5) is 0.0157. The molecule has 0 aliphatic rings. The first-order valence-corrected chi connectivity index (χ1v) is 7.22. The number of aromatic nitrogens is 2. The summed E-state index contributed by atoms with van der Waals surface area (Å²) in [6.07, 6.45) is 0. The Bertz CT molecular complexity index is 747. The van der Waals surface area contributed by atoms with E-state index in [1.54, 1.807) is 4.68 Å². The highest BCUT2D eigenvalue weighted by atomic mass is 32.2. The zero-order chi connectivity index (χ0) is 14.4. The van der Waals surface area contributed by atoms with Gasteiger partial charge < -0.3 is 5.73 Å². The first-order chi connectivity index (χ1) is 8.71. The molecule has 1 aromatic heterocycles. The molecule has 0 saturated heterocycles. The van der Waals surface area contributed by atoms with Crippen LogP contribution in [0.3, 0.4) is 0 Å². The van der Waals surface area contributed by atoms with Gasteiger partial charge in [-0.3, -0.25) is 0 Å². The van der Waals surface area contributed by atoms with Crippen molar-refractivity contribution in [3.05, 3.63) is 35.2 Å². The van der Waals surface area contributed by atoms with Crippen LogP contribution in [0.4, 0.5) is 5.69 Å². The number of hydrogen-bond acceptors (Lipinski definition) is 4. The molecule has 0 radical (unpaired) electrons. The van der Waals surface area contributed by atoms with Crippen molar-refractivity contribution in [2.24, 2.45) is 5.14 Å². The van der Waals surface area contributed by atoms with Crippen LogP contribution in [0.25, 0.3) is 5.69 Å². The van der Waals surface area contributed by atoms with Gasteiger partial charge in [0.1, 0.15) is 0 Å². The van der Waals surface area contributed by atoms with Crippen LogP contribution in [-0.4, -0.2) is 18.2 Å². The van der Waals surface area contributed by atoms with Crippen molar-refractivity contribution in [1.29, 1.82) is 0 Å². The number of nitrogens with zero attached hydrogens (tertiary/aromatic N) is 2. The van der Waals surface area contributed by atoms with Gasteiger partial charge >= 0.3 is 0 Å². The molecule has 2 rings (SSSR count). The van der Waals surface area contributed by atoms with Crippen LogP contribution < -0.4 is 10.9 Å². The third kappa shape index (κ3) is 2.34. The highest BCUT2D eigenvalue weighted by molar-refractivity contribution is 7.89. The maximum atomic E-state index is 11.4. The van der Waals surface area contributed by atoms with Gasteiger partial charge in [-0.2, -0.15) is 5.10 Å². The summed E-state index contributed by atoms with van der Waals surface area (Å²) in [5, 5.41) is 9.49. The van der Waals surface area contributed by atoms with Gasteiger partial charge in [-0.15, -0.1) is 0 Å². The Labute approximate surface area is 112 Å². The number of benzene rings is 1. The molecule has 0 aliphatic carbocycles. The van der Waals surface area contributed by atoms with E-state index in [4.69, 9.17) is 10.9 Å². The van der Waals surface area contributed by atoms with Crippen molar-refractivity contribution in [1.82, 2.24) is 9.78 Å². The highest BCUT2D eigenvalue weighted by Crippen LogP contribution is 2.24. The minimum absolute atomic E-state index is 0.0157. The molecule has 2 aromatic rings. The van der Waals surface area contributed by atoms with Crippen molar-refractivity contribution in [2.75, 3.05) is 5.73 Å². The highest BCUT2D eigenvalue weighted by Gasteiger charge is 2.15. The molecule has 0 atom stereocenters. The molecule has 4 N–H and O–H groups in total. The zero-order valence-electron chi connectivity index (χ0n) is 11.0. The Hall–Kier alpha value is -1.86. The molecule has 102 valence electrons. The summed E-state index contributed by atoms with van der Waals surface area (Å²) in [6, 6.07) is 4.33. The first kappa shape index (κ1) is 13.6. The second-order valence-corrected chi connectivity index (χ2v) is 6.03. The minimum atomic E-state index is -3.76. The van der Waals surface area contributed by atoms with Crippen molar-refractivity contribution in [3.8, 4) is 5.69 Å². The largest absolute Gasteiger partial charge is 0.397 e. The monoisotopic (exact) mass is 280 g/mol. The molecule has 7 heteroatoms. The Morgan fingerprint density at radius 2 is 1.84 bits per heavy atom. The molecule has 0 unspecified atom stereocenters. The number of hydrogen-bond donors (Lipinski definition) is 2. The van der Waals surface area contributed by atoms with E-state index in [2.05, 4.69) is 5.10 Å². The predicted molar refractivity (Wildman–Crippen MR) is 73.6 cm³/mol. The fourth-order valence-corrected chi connectivity index (χ4v) is 2.37. The molecule has 0 saturated carbocycles. The van der Waals surface area contributed by atoms with E-state index in [0.29, 0.717) is 11.4 Å². The third-order valence-corrected chi connectivity index (χ3v) is 4.12. The van der Waals surface area contributed by atoms with Crippen molar-refractivity contribution < 1.29 is 8.42 Å². The fourth-order valence-electron chi connectivity index (χ4n) is 1.84. The SMILES string of the molecule is Cc1nn(-c2cc(S(N)(=O)=O)ccc2N)c(C)c1C. The van der Waals surface area contributed by atoms with Gasteiger partial charge in [0.15, 0.2) is 0 Å². The molecule has 6 nitrogen and oxygen atoms in total. The molecule has 1 aromatic carbocycles. The number of aryl methyl sites for hydroxylation is 1. The van der Waals surface area contributed by atoms with Crippen LogP contribution in [0, 0.1) is 20.8 Å². The van der Waals surface area contributed by atoms with Crippen molar-refractivity contribution in [2.45, 2.75) is 25.7 Å². The van der Waals surface area contributed by atoms with E-state index in [1.807, 2.05) is 20.8 Å². The zero-order valence-corrected chi connectivity index (χ0v) is 11.8. The molecule has 0 amide bonds. The maximum Gasteiger partial charge on any atom is 0.238 e. The summed E-state index contributed by atoms with van der Waals surface area (Å²) in [5.74, 6) is 0. The lowest BCUT2D eigenvalue weighted by atomic mass is 10.2. The van der Waals surface area contributed by atoms with E-state index in [-0.39, 0.29) is 4.90 Å². The van der Waals surface area contributed by atoms with Crippen LogP contribution in [0.15, 0.2) is 23.1 Å². The first-order valence-electron chi connectivity index (χ1n) is 5.67. The normalized spacial score (nSPS) is 11.8. The Morgan fingerprint density at radius 3 is 2.32 bits per heavy atom. The summed E-state index contributed by atoms with van der Waals surface area (Å²) in [5.41, 5.74) is 9.68. The van der Waals surface area contributed by atoms with Gasteiger partial charge in [-0.25, -0.2) is 18.2 Å². The number of anilines is 1. The molecule has 0 bridgehead atoms. The molecular weight excluding hydrogens is 264 g/mol. The van der Waals surface area contributed by atoms with E-state index in [0.717, 1.165) is 17.0 Å². The quantitative estimate of drug-likeness (QED) is 0.801. The smallest absolute Gasteiger partial charge is 0.238 e. The molecule has 0 aliphatic heterocycles. The van der Waals surface area contributed by atoms with Gasteiger partial charge in [0.05, 0.1) is 22.0 Å². The second-order valence-electron chi connectivity index (χ2n) is 4.47. The minimum Gasteiger partial charge on any atom is -0.397 e. The van der Waals surface area contributed by atoms with E-state index >= 15 is 0 Å². The van der Waals surface area contributed by atoms with Crippen LogP contribution in [-0.2, 0) is 10.0 Å². The topological polar surface area (TPSA) is 104 Å². The molecular formula is C12H16N4O2S. The standard InChI is InChI=1S/C12H16N4O2S/c1-7-8(2)15-16(9(7)3)12-6-10(19(14,17)18)4-5-11(12)13/h4-6H,13H2,1-3H3,(H2,14,17,18). The summed E-state index contributed by atoms with van der Waals surface area (Å²) in [6.45, 7) is 5.74. The van der Waals surface area contributed by atoms with Crippen molar-refractivity contribution in [3.63, 3.8) is 0 Å². The average molecular weight is 280 g/mol.